The summed E-state index contributed by atoms with van der Waals surface area (Å²) in [5, 5.41) is 3.42. The molecule has 0 fully saturated rings. The van der Waals surface area contributed by atoms with Crippen molar-refractivity contribution in [2.45, 2.75) is 39.4 Å². The van der Waals surface area contributed by atoms with E-state index in [1.54, 1.807) is 6.20 Å². The van der Waals surface area contributed by atoms with E-state index in [4.69, 9.17) is 0 Å². The molecule has 0 saturated heterocycles. The summed E-state index contributed by atoms with van der Waals surface area (Å²) in [7, 11) is 0. The third-order valence-electron chi connectivity index (χ3n) is 3.02. The van der Waals surface area contributed by atoms with E-state index in [1.807, 2.05) is 24.8 Å². The summed E-state index contributed by atoms with van der Waals surface area (Å²) >= 11 is 0. The van der Waals surface area contributed by atoms with E-state index in [0.29, 0.717) is 6.04 Å². The molecule has 0 bridgehead atoms. The Balaban J connectivity index is 2.16. The van der Waals surface area contributed by atoms with Gasteiger partial charge in [0.25, 0.3) is 0 Å². The van der Waals surface area contributed by atoms with Crippen molar-refractivity contribution in [1.29, 1.82) is 0 Å². The van der Waals surface area contributed by atoms with Gasteiger partial charge in [-0.3, -0.25) is 4.98 Å². The van der Waals surface area contributed by atoms with E-state index in [-0.39, 0.29) is 6.04 Å². The van der Waals surface area contributed by atoms with Gasteiger partial charge >= 0.3 is 0 Å². The molecule has 0 spiro atoms. The molecule has 0 amide bonds. The Bertz CT molecular complexity index is 476. The van der Waals surface area contributed by atoms with Gasteiger partial charge in [0.15, 0.2) is 0 Å². The van der Waals surface area contributed by atoms with E-state index >= 15 is 0 Å². The second-order valence-corrected chi connectivity index (χ2v) is 4.79. The lowest BCUT2D eigenvalue weighted by Crippen LogP contribution is -2.24. The predicted octanol–water partition coefficient (Wildman–Crippen LogP) is 2.39. The third kappa shape index (κ3) is 2.96. The minimum atomic E-state index is 0.255. The zero-order valence-corrected chi connectivity index (χ0v) is 11.2. The quantitative estimate of drug-likeness (QED) is 0.878. The van der Waals surface area contributed by atoms with Crippen molar-refractivity contribution in [3.8, 4) is 0 Å². The molecule has 0 aliphatic carbocycles. The Morgan fingerprint density at radius 2 is 2.06 bits per heavy atom. The van der Waals surface area contributed by atoms with Crippen LogP contribution >= 0.6 is 0 Å². The van der Waals surface area contributed by atoms with Crippen molar-refractivity contribution in [1.82, 2.24) is 19.9 Å². The molecule has 4 nitrogen and oxygen atoms in total. The predicted molar refractivity (Wildman–Crippen MR) is 72.3 cm³/mol. The fourth-order valence-electron chi connectivity index (χ4n) is 1.91. The zero-order valence-electron chi connectivity index (χ0n) is 11.2. The molecule has 0 aliphatic heterocycles. The van der Waals surface area contributed by atoms with Gasteiger partial charge in [-0.15, -0.1) is 0 Å². The largest absolute Gasteiger partial charge is 0.326 e. The Hall–Kier alpha value is -1.68. The summed E-state index contributed by atoms with van der Waals surface area (Å²) in [4.78, 5) is 8.42. The lowest BCUT2D eigenvalue weighted by molar-refractivity contribution is 0.538. The lowest BCUT2D eigenvalue weighted by atomic mass is 10.1. The molecule has 4 heteroatoms. The van der Waals surface area contributed by atoms with Crippen LogP contribution < -0.4 is 5.32 Å². The van der Waals surface area contributed by atoms with Crippen molar-refractivity contribution >= 4 is 0 Å². The maximum Gasteiger partial charge on any atom is 0.0954 e. The molecule has 2 heterocycles. The van der Waals surface area contributed by atoms with Gasteiger partial charge in [0.2, 0.25) is 0 Å². The van der Waals surface area contributed by atoms with Gasteiger partial charge in [0, 0.05) is 31.2 Å². The van der Waals surface area contributed by atoms with Crippen LogP contribution in [0.3, 0.4) is 0 Å². The normalized spacial score (nSPS) is 12.9. The minimum absolute atomic E-state index is 0.255. The third-order valence-corrected chi connectivity index (χ3v) is 3.02. The van der Waals surface area contributed by atoms with Gasteiger partial charge in [0.05, 0.1) is 18.1 Å². The molecule has 1 unspecified atom stereocenters. The van der Waals surface area contributed by atoms with Gasteiger partial charge in [0.1, 0.15) is 0 Å². The molecule has 2 aromatic heterocycles. The number of rotatable bonds is 5. The summed E-state index contributed by atoms with van der Waals surface area (Å²) in [5.74, 6) is 0. The molecule has 0 saturated carbocycles. The Morgan fingerprint density at radius 3 is 2.72 bits per heavy atom. The molecule has 1 N–H and O–H groups in total. The molecule has 2 aromatic rings. The van der Waals surface area contributed by atoms with Crippen LogP contribution in [-0.4, -0.2) is 20.6 Å². The molecule has 2 rings (SSSR count). The molecule has 96 valence electrons. The molecule has 1 atom stereocenters. The van der Waals surface area contributed by atoms with Gasteiger partial charge in [-0.05, 0) is 18.6 Å². The smallest absolute Gasteiger partial charge is 0.0954 e. The highest BCUT2D eigenvalue weighted by atomic mass is 15.1. The number of hydrogen-bond donors (Lipinski definition) is 1. The summed E-state index contributed by atoms with van der Waals surface area (Å²) in [6.45, 7) is 7.29. The standard InChI is InChI=1S/C14H20N4/c1-11(2)17-9-14-8-16-10-18(14)12(3)13-5-4-6-15-7-13/h4-8,10-12,17H,9H2,1-3H3. The summed E-state index contributed by atoms with van der Waals surface area (Å²) < 4.78 is 2.19. The first-order valence-corrected chi connectivity index (χ1v) is 6.32. The van der Waals surface area contributed by atoms with Crippen LogP contribution in [0.1, 0.15) is 38.1 Å². The molecule has 18 heavy (non-hydrogen) atoms. The highest BCUT2D eigenvalue weighted by Crippen LogP contribution is 2.18. The van der Waals surface area contributed by atoms with Crippen LogP contribution in [0.25, 0.3) is 0 Å². The van der Waals surface area contributed by atoms with E-state index in [0.717, 1.165) is 6.54 Å². The fourth-order valence-corrected chi connectivity index (χ4v) is 1.91. The molecule has 0 aromatic carbocycles. The topological polar surface area (TPSA) is 42.7 Å². The summed E-state index contributed by atoms with van der Waals surface area (Å²) in [5.41, 5.74) is 2.39. The maximum atomic E-state index is 4.25. The zero-order chi connectivity index (χ0) is 13.0. The van der Waals surface area contributed by atoms with Crippen LogP contribution in [0.5, 0.6) is 0 Å². The van der Waals surface area contributed by atoms with Crippen molar-refractivity contribution in [3.63, 3.8) is 0 Å². The first kappa shape index (κ1) is 12.8. The van der Waals surface area contributed by atoms with Crippen molar-refractivity contribution in [2.75, 3.05) is 0 Å². The minimum Gasteiger partial charge on any atom is -0.326 e. The average Bonchev–Trinajstić information content (AvgIpc) is 2.85. The van der Waals surface area contributed by atoms with Crippen LogP contribution in [0.2, 0.25) is 0 Å². The highest BCUT2D eigenvalue weighted by molar-refractivity contribution is 5.16. The molecular weight excluding hydrogens is 224 g/mol. The van der Waals surface area contributed by atoms with Crippen LogP contribution in [0.15, 0.2) is 37.1 Å². The Morgan fingerprint density at radius 1 is 1.22 bits per heavy atom. The average molecular weight is 244 g/mol. The van der Waals surface area contributed by atoms with Crippen molar-refractivity contribution in [2.24, 2.45) is 0 Å². The van der Waals surface area contributed by atoms with Gasteiger partial charge in [-0.25, -0.2) is 4.98 Å². The number of nitrogens with one attached hydrogen (secondary N) is 1. The maximum absolute atomic E-state index is 4.25. The van der Waals surface area contributed by atoms with Crippen LogP contribution in [-0.2, 0) is 6.54 Å². The fraction of sp³-hybridized carbons (Fsp3) is 0.429. The highest BCUT2D eigenvalue weighted by Gasteiger charge is 2.11. The van der Waals surface area contributed by atoms with Crippen molar-refractivity contribution in [3.05, 3.63) is 48.3 Å². The Labute approximate surface area is 108 Å². The number of nitrogens with zero attached hydrogens (tertiary/aromatic N) is 3. The molecule has 0 radical (unpaired) electrons. The monoisotopic (exact) mass is 244 g/mol. The second kappa shape index (κ2) is 5.78. The van der Waals surface area contributed by atoms with Crippen LogP contribution in [0.4, 0.5) is 0 Å². The van der Waals surface area contributed by atoms with E-state index in [9.17, 15) is 0 Å². The number of hydrogen-bond acceptors (Lipinski definition) is 3. The Kier molecular flexibility index (Phi) is 4.10. The lowest BCUT2D eigenvalue weighted by Gasteiger charge is -2.17. The van der Waals surface area contributed by atoms with Crippen molar-refractivity contribution < 1.29 is 0 Å². The molecule has 0 aliphatic rings. The number of imidazole rings is 1. The molecular formula is C14H20N4. The number of aromatic nitrogens is 3. The number of pyridine rings is 1. The van der Waals surface area contributed by atoms with Gasteiger partial charge in [-0.1, -0.05) is 19.9 Å². The van der Waals surface area contributed by atoms with E-state index in [2.05, 4.69) is 46.7 Å². The SMILES string of the molecule is CC(C)NCc1cncn1C(C)c1cccnc1. The first-order chi connectivity index (χ1) is 8.68. The van der Waals surface area contributed by atoms with Crippen LogP contribution in [0, 0.1) is 0 Å². The first-order valence-electron chi connectivity index (χ1n) is 6.32. The summed E-state index contributed by atoms with van der Waals surface area (Å²) in [6.07, 6.45) is 7.51. The van der Waals surface area contributed by atoms with E-state index < -0.39 is 0 Å². The van der Waals surface area contributed by atoms with E-state index in [1.165, 1.54) is 11.3 Å². The van der Waals surface area contributed by atoms with Gasteiger partial charge in [-0.2, -0.15) is 0 Å². The second-order valence-electron chi connectivity index (χ2n) is 4.79. The van der Waals surface area contributed by atoms with Gasteiger partial charge < -0.3 is 9.88 Å². The summed E-state index contributed by atoms with van der Waals surface area (Å²) in [6, 6.07) is 4.79.